The van der Waals surface area contributed by atoms with Gasteiger partial charge in [-0.05, 0) is 26.1 Å². The minimum Gasteiger partial charge on any atom is -0.500 e. The van der Waals surface area contributed by atoms with Crippen molar-refractivity contribution in [2.24, 2.45) is 0 Å². The van der Waals surface area contributed by atoms with Crippen LogP contribution in [-0.2, 0) is 0 Å². The number of thiocarbonyl (C=S) groups is 1. The maximum absolute atomic E-state index is 8.24. The van der Waals surface area contributed by atoms with Crippen LogP contribution < -0.4 is 0 Å². The second kappa shape index (κ2) is 7.81. The molecule has 4 heteroatoms. The first-order valence-corrected chi connectivity index (χ1v) is 2.98. The van der Waals surface area contributed by atoms with Gasteiger partial charge in [0.2, 0.25) is 0 Å². The maximum Gasteiger partial charge on any atom is 0.185 e. The minimum absolute atomic E-state index is 0.250. The normalized spacial score (nSPS) is 11.1. The highest BCUT2D eigenvalue weighted by molar-refractivity contribution is 7.80. The molecule has 0 aromatic carbocycles. The van der Waals surface area contributed by atoms with Gasteiger partial charge in [0.15, 0.2) is 5.05 Å². The first-order chi connectivity index (χ1) is 4.06. The molecule has 0 spiro atoms. The average molecular weight is 152 g/mol. The number of hydrogen-bond acceptors (Lipinski definition) is 3. The lowest BCUT2D eigenvalue weighted by atomic mass is 10.5. The summed E-state index contributed by atoms with van der Waals surface area (Å²) >= 11 is 4.12. The molecule has 9 heavy (non-hydrogen) atoms. The zero-order chi connectivity index (χ0) is 7.86. The molecule has 0 amide bonds. The van der Waals surface area contributed by atoms with Crippen molar-refractivity contribution in [1.82, 2.24) is 0 Å². The van der Waals surface area contributed by atoms with Crippen LogP contribution in [0.2, 0.25) is 0 Å². The molecule has 0 saturated carbocycles. The summed E-state index contributed by atoms with van der Waals surface area (Å²) in [6.07, 6.45) is -0.861. The van der Waals surface area contributed by atoms with Crippen molar-refractivity contribution < 1.29 is 15.3 Å². The Morgan fingerprint density at radius 3 is 1.78 bits per heavy atom. The second-order valence-electron chi connectivity index (χ2n) is 1.33. The predicted octanol–water partition coefficient (Wildman–Crippen LogP) is 0.251. The van der Waals surface area contributed by atoms with Crippen molar-refractivity contribution in [2.45, 2.75) is 20.0 Å². The van der Waals surface area contributed by atoms with E-state index in [1.807, 2.05) is 0 Å². The Morgan fingerprint density at radius 1 is 1.67 bits per heavy atom. The van der Waals surface area contributed by atoms with Gasteiger partial charge < -0.3 is 15.3 Å². The number of rotatable bonds is 1. The van der Waals surface area contributed by atoms with Gasteiger partial charge in [-0.25, -0.2) is 0 Å². The van der Waals surface area contributed by atoms with Gasteiger partial charge in [0.05, 0.1) is 0 Å². The molecule has 3 N–H and O–H groups in total. The predicted molar refractivity (Wildman–Crippen MR) is 39.7 cm³/mol. The molecule has 1 unspecified atom stereocenters. The summed E-state index contributed by atoms with van der Waals surface area (Å²) < 4.78 is 0. The zero-order valence-corrected chi connectivity index (χ0v) is 6.35. The van der Waals surface area contributed by atoms with Gasteiger partial charge in [0.25, 0.3) is 0 Å². The van der Waals surface area contributed by atoms with Crippen LogP contribution >= 0.6 is 12.2 Å². The SMILES string of the molecule is CC(O)C(O)=S.CCO. The van der Waals surface area contributed by atoms with Gasteiger partial charge in [0, 0.05) is 6.61 Å². The van der Waals surface area contributed by atoms with Gasteiger partial charge in [-0.3, -0.25) is 0 Å². The van der Waals surface area contributed by atoms with Crippen molar-refractivity contribution in [1.29, 1.82) is 0 Å². The topological polar surface area (TPSA) is 60.7 Å². The smallest absolute Gasteiger partial charge is 0.185 e. The number of aliphatic hydroxyl groups excluding tert-OH is 3. The lowest BCUT2D eigenvalue weighted by molar-refractivity contribution is 0.241. The highest BCUT2D eigenvalue weighted by Gasteiger charge is 1.95. The summed E-state index contributed by atoms with van der Waals surface area (Å²) in [5, 5.41) is 23.6. The van der Waals surface area contributed by atoms with E-state index >= 15 is 0 Å². The van der Waals surface area contributed by atoms with Crippen LogP contribution in [0, 0.1) is 0 Å². The molecule has 0 rings (SSSR count). The number of aliphatic hydroxyl groups is 3. The minimum atomic E-state index is -0.861. The van der Waals surface area contributed by atoms with Gasteiger partial charge in [-0.1, -0.05) is 0 Å². The molecule has 0 aromatic heterocycles. The van der Waals surface area contributed by atoms with Crippen molar-refractivity contribution in [2.75, 3.05) is 6.61 Å². The van der Waals surface area contributed by atoms with Gasteiger partial charge in [0.1, 0.15) is 6.10 Å². The Kier molecular flexibility index (Phi) is 10.1. The molecule has 0 bridgehead atoms. The van der Waals surface area contributed by atoms with Crippen LogP contribution in [0.3, 0.4) is 0 Å². The quantitative estimate of drug-likeness (QED) is 0.471. The first-order valence-electron chi connectivity index (χ1n) is 2.58. The first kappa shape index (κ1) is 11.6. The summed E-state index contributed by atoms with van der Waals surface area (Å²) in [5.74, 6) is 0. The van der Waals surface area contributed by atoms with Crippen molar-refractivity contribution in [3.8, 4) is 0 Å². The molecule has 0 radical (unpaired) electrons. The van der Waals surface area contributed by atoms with Gasteiger partial charge in [-0.15, -0.1) is 0 Å². The molecule has 3 nitrogen and oxygen atoms in total. The van der Waals surface area contributed by atoms with Gasteiger partial charge >= 0.3 is 0 Å². The molecule has 0 aliphatic heterocycles. The lowest BCUT2D eigenvalue weighted by Crippen LogP contribution is -2.11. The van der Waals surface area contributed by atoms with Crippen LogP contribution in [0.25, 0.3) is 0 Å². The van der Waals surface area contributed by atoms with E-state index in [-0.39, 0.29) is 11.7 Å². The van der Waals surface area contributed by atoms with E-state index < -0.39 is 6.10 Å². The van der Waals surface area contributed by atoms with Crippen LogP contribution in [-0.4, -0.2) is 33.1 Å². The van der Waals surface area contributed by atoms with Crippen LogP contribution in [0.15, 0.2) is 0 Å². The summed E-state index contributed by atoms with van der Waals surface area (Å²) in [5.41, 5.74) is 0. The van der Waals surface area contributed by atoms with Crippen LogP contribution in [0.5, 0.6) is 0 Å². The Morgan fingerprint density at radius 2 is 1.78 bits per heavy atom. The molecule has 1 atom stereocenters. The van der Waals surface area contributed by atoms with Crippen molar-refractivity contribution in [3.05, 3.63) is 0 Å². The Hall–Kier alpha value is -0.190. The summed E-state index contributed by atoms with van der Waals surface area (Å²) in [6.45, 7) is 3.34. The number of hydrogen-bond donors (Lipinski definition) is 3. The van der Waals surface area contributed by atoms with E-state index in [9.17, 15) is 0 Å². The molecule has 0 heterocycles. The van der Waals surface area contributed by atoms with E-state index in [0.29, 0.717) is 0 Å². The fourth-order valence-electron chi connectivity index (χ4n) is 0. The lowest BCUT2D eigenvalue weighted by Gasteiger charge is -1.93. The van der Waals surface area contributed by atoms with Gasteiger partial charge in [-0.2, -0.15) is 0 Å². The highest BCUT2D eigenvalue weighted by atomic mass is 32.1. The molecular weight excluding hydrogens is 140 g/mol. The average Bonchev–Trinajstić information content (AvgIpc) is 1.68. The van der Waals surface area contributed by atoms with E-state index in [0.717, 1.165) is 0 Å². The zero-order valence-electron chi connectivity index (χ0n) is 5.53. The third-order valence-electron chi connectivity index (χ3n) is 0.357. The summed E-state index contributed by atoms with van der Waals surface area (Å²) in [4.78, 5) is 0. The highest BCUT2D eigenvalue weighted by Crippen LogP contribution is 1.78. The Labute approximate surface area is 59.9 Å². The van der Waals surface area contributed by atoms with Crippen LogP contribution in [0.4, 0.5) is 0 Å². The molecule has 0 saturated heterocycles. The van der Waals surface area contributed by atoms with E-state index in [1.165, 1.54) is 6.92 Å². The molecule has 0 aliphatic carbocycles. The molecule has 0 fully saturated rings. The summed E-state index contributed by atoms with van der Waals surface area (Å²) in [7, 11) is 0. The third-order valence-corrected chi connectivity index (χ3v) is 0.699. The second-order valence-corrected chi connectivity index (χ2v) is 1.75. The monoisotopic (exact) mass is 152 g/mol. The Bertz CT molecular complexity index is 72.6. The molecule has 0 aromatic rings. The molecule has 56 valence electrons. The molecule has 0 aliphatic rings. The fraction of sp³-hybridized carbons (Fsp3) is 0.800. The maximum atomic E-state index is 8.24. The van der Waals surface area contributed by atoms with E-state index in [2.05, 4.69) is 12.2 Å². The van der Waals surface area contributed by atoms with Crippen molar-refractivity contribution >= 4 is 17.3 Å². The molecular formula is C5H12O3S. The Balaban J connectivity index is 0. The largest absolute Gasteiger partial charge is 0.500 e. The summed E-state index contributed by atoms with van der Waals surface area (Å²) in [6, 6.07) is 0. The van der Waals surface area contributed by atoms with Crippen LogP contribution in [0.1, 0.15) is 13.8 Å². The standard InChI is InChI=1S/C3H6O2S.C2H6O/c1-2(4)3(5)6;1-2-3/h2,4H,1H3,(H,5,6);3H,2H2,1H3. The van der Waals surface area contributed by atoms with E-state index in [1.54, 1.807) is 6.92 Å². The fourth-order valence-corrected chi connectivity index (χ4v) is 0. The third kappa shape index (κ3) is 18.2. The van der Waals surface area contributed by atoms with E-state index in [4.69, 9.17) is 15.3 Å². The van der Waals surface area contributed by atoms with Crippen molar-refractivity contribution in [3.63, 3.8) is 0 Å².